The van der Waals surface area contributed by atoms with Crippen LogP contribution in [-0.2, 0) is 56.0 Å². The number of amides is 5. The summed E-state index contributed by atoms with van der Waals surface area (Å²) in [6, 6.07) is 18.4. The molecule has 17 nitrogen and oxygen atoms in total. The summed E-state index contributed by atoms with van der Waals surface area (Å²) < 4.78 is 16.4. The Hall–Kier alpha value is -7.04. The van der Waals surface area contributed by atoms with Gasteiger partial charge in [-0.05, 0) is 69.1 Å². The number of H-pyrrole nitrogens is 1. The van der Waals surface area contributed by atoms with Gasteiger partial charge in [-0.2, -0.15) is 0 Å². The number of nitrogens with zero attached hydrogens (tertiary/aromatic N) is 1. The fourth-order valence-corrected chi connectivity index (χ4v) is 7.79. The molecule has 2 heterocycles. The number of hydrogen-bond acceptors (Lipinski definition) is 11. The highest BCUT2D eigenvalue weighted by molar-refractivity contribution is 5.99. The van der Waals surface area contributed by atoms with Gasteiger partial charge in [-0.25, -0.2) is 9.59 Å². The van der Waals surface area contributed by atoms with Crippen LogP contribution in [0.4, 0.5) is 4.79 Å². The van der Waals surface area contributed by atoms with Crippen molar-refractivity contribution in [1.82, 2.24) is 31.2 Å². The van der Waals surface area contributed by atoms with Crippen molar-refractivity contribution in [2.75, 3.05) is 13.2 Å². The second-order valence-electron chi connectivity index (χ2n) is 18.7. The van der Waals surface area contributed by atoms with Crippen LogP contribution in [0, 0.1) is 11.8 Å². The van der Waals surface area contributed by atoms with Gasteiger partial charge in [0.05, 0.1) is 6.42 Å². The van der Waals surface area contributed by atoms with Crippen molar-refractivity contribution < 1.29 is 52.6 Å². The molecule has 1 aliphatic rings. The van der Waals surface area contributed by atoms with Crippen molar-refractivity contribution in [1.29, 1.82) is 0 Å². The third-order valence-corrected chi connectivity index (χ3v) is 11.2. The maximum Gasteiger partial charge on any atom is 0.408 e. The summed E-state index contributed by atoms with van der Waals surface area (Å²) in [6.45, 7) is 11.6. The highest BCUT2D eigenvalue weighted by Gasteiger charge is 2.41. The van der Waals surface area contributed by atoms with Crippen molar-refractivity contribution in [2.45, 2.75) is 123 Å². The van der Waals surface area contributed by atoms with Gasteiger partial charge < -0.3 is 45.4 Å². The number of alkyl carbamates (subject to hydrolysis) is 1. The molecule has 5 atom stereocenters. The molecule has 0 unspecified atom stereocenters. The molecule has 4 aromatic rings. The zero-order valence-corrected chi connectivity index (χ0v) is 39.8. The van der Waals surface area contributed by atoms with Crippen LogP contribution >= 0.6 is 0 Å². The molecule has 0 saturated carbocycles. The van der Waals surface area contributed by atoms with Crippen LogP contribution in [0.1, 0.15) is 95.6 Å². The third kappa shape index (κ3) is 15.3. The molecular weight excluding hydrogens is 873 g/mol. The number of Topliss-reactive ketones (excluding diaryl/α,β-unsaturated/α-hetero) is 1. The fourth-order valence-electron chi connectivity index (χ4n) is 7.79. The van der Waals surface area contributed by atoms with Crippen LogP contribution in [0.3, 0.4) is 0 Å². The number of carbonyl (C=O) groups excluding carboxylic acids is 8. The number of rotatable bonds is 21. The van der Waals surface area contributed by atoms with E-state index < -0.39 is 102 Å². The summed E-state index contributed by atoms with van der Waals surface area (Å²) in [4.78, 5) is 114. The van der Waals surface area contributed by atoms with Gasteiger partial charge in [-0.1, -0.05) is 107 Å². The van der Waals surface area contributed by atoms with Gasteiger partial charge in [-0.3, -0.25) is 28.8 Å². The molecule has 1 fully saturated rings. The number of esters is 2. The first-order chi connectivity index (χ1) is 32.3. The largest absolute Gasteiger partial charge is 0.461 e. The Kier molecular flexibility index (Phi) is 18.4. The highest BCUT2D eigenvalue weighted by atomic mass is 16.6. The standard InChI is InChI=1S/C51H64N6O11/c1-31(2)25-40(49(64)67-30-42(58)34-19-12-9-13-20-34)54-47(62)44(32(3)4)56-46(61)41-23-16-24-57(41)48(63)39(27-43(59)66-29-33-17-10-8-11-18-33)53-45(60)38(55-50(65)68-51(5,6)7)26-35-28-52-37-22-15-14-21-36(35)37/h8-15,17-22,28,31-32,38-41,44,52H,16,23-27,29-30H2,1-7H3,(H,53,60)(H,54,62)(H,55,65)(H,56,61)/t38-,39-,40+,41+,44-/m1/s1. The van der Waals surface area contributed by atoms with Gasteiger partial charge in [0.25, 0.3) is 0 Å². The molecule has 5 N–H and O–H groups in total. The Morgan fingerprint density at radius 2 is 1.40 bits per heavy atom. The first-order valence-corrected chi connectivity index (χ1v) is 23.0. The number of benzene rings is 3. The first-order valence-electron chi connectivity index (χ1n) is 23.0. The molecule has 364 valence electrons. The van der Waals surface area contributed by atoms with Crippen molar-refractivity contribution in [3.63, 3.8) is 0 Å². The summed E-state index contributed by atoms with van der Waals surface area (Å²) in [5.74, 6) is -5.48. The molecule has 0 radical (unpaired) electrons. The summed E-state index contributed by atoms with van der Waals surface area (Å²) in [6.07, 6.45) is 0.964. The number of hydrogen-bond donors (Lipinski definition) is 5. The lowest BCUT2D eigenvalue weighted by atomic mass is 9.99. The van der Waals surface area contributed by atoms with Crippen LogP contribution in [0.15, 0.2) is 91.1 Å². The van der Waals surface area contributed by atoms with E-state index in [1.54, 1.807) is 95.4 Å². The zero-order chi connectivity index (χ0) is 49.5. The van der Waals surface area contributed by atoms with Crippen LogP contribution in [-0.4, -0.2) is 106 Å². The minimum atomic E-state index is -1.55. The lowest BCUT2D eigenvalue weighted by molar-refractivity contribution is -0.150. The zero-order valence-electron chi connectivity index (χ0n) is 39.8. The van der Waals surface area contributed by atoms with Crippen molar-refractivity contribution >= 4 is 58.3 Å². The molecule has 1 aliphatic heterocycles. The van der Waals surface area contributed by atoms with E-state index in [0.29, 0.717) is 23.1 Å². The molecule has 5 rings (SSSR count). The van der Waals surface area contributed by atoms with Crippen LogP contribution in [0.25, 0.3) is 10.9 Å². The van der Waals surface area contributed by atoms with Gasteiger partial charge in [0, 0.05) is 35.6 Å². The third-order valence-electron chi connectivity index (χ3n) is 11.2. The number of ketones is 1. The summed E-state index contributed by atoms with van der Waals surface area (Å²) in [5.41, 5.74) is 1.64. The monoisotopic (exact) mass is 936 g/mol. The Labute approximate surface area is 396 Å². The van der Waals surface area contributed by atoms with Crippen molar-refractivity contribution in [3.8, 4) is 0 Å². The second-order valence-corrected chi connectivity index (χ2v) is 18.7. The topological polar surface area (TPSA) is 231 Å². The van der Waals surface area contributed by atoms with Crippen LogP contribution < -0.4 is 21.3 Å². The molecule has 68 heavy (non-hydrogen) atoms. The van der Waals surface area contributed by atoms with E-state index in [4.69, 9.17) is 14.2 Å². The SMILES string of the molecule is CC(C)C[C@H](NC(=O)[C@H](NC(=O)[C@@H]1CCCN1C(=O)[C@@H](CC(=O)OCc1ccccc1)NC(=O)[C@@H](Cc1c[nH]c2ccccc12)NC(=O)OC(C)(C)C)C(C)C)C(=O)OCC(=O)c1ccccc1. The highest BCUT2D eigenvalue weighted by Crippen LogP contribution is 2.23. The maximum atomic E-state index is 14.7. The molecule has 3 aromatic carbocycles. The average molecular weight is 937 g/mol. The number of ether oxygens (including phenoxy) is 3. The van der Waals surface area contributed by atoms with Crippen LogP contribution in [0.2, 0.25) is 0 Å². The smallest absolute Gasteiger partial charge is 0.408 e. The Morgan fingerprint density at radius 3 is 2.06 bits per heavy atom. The molecule has 1 aromatic heterocycles. The lowest BCUT2D eigenvalue weighted by Gasteiger charge is -2.31. The minimum Gasteiger partial charge on any atom is -0.461 e. The summed E-state index contributed by atoms with van der Waals surface area (Å²) >= 11 is 0. The normalized spacial score (nSPS) is 15.4. The molecule has 17 heteroatoms. The van der Waals surface area contributed by atoms with Crippen LogP contribution in [0.5, 0.6) is 0 Å². The number of likely N-dealkylation sites (tertiary alicyclic amines) is 1. The fraction of sp³-hybridized carbons (Fsp3) is 0.451. The molecule has 5 amide bonds. The number of aromatic nitrogens is 1. The quantitative estimate of drug-likeness (QED) is 0.0408. The van der Waals surface area contributed by atoms with E-state index in [1.807, 2.05) is 44.2 Å². The van der Waals surface area contributed by atoms with E-state index in [1.165, 1.54) is 4.90 Å². The first kappa shape index (κ1) is 51.9. The molecular formula is C51H64N6O11. The van der Waals surface area contributed by atoms with Gasteiger partial charge in [0.1, 0.15) is 42.4 Å². The molecule has 1 saturated heterocycles. The number of fused-ring (bicyclic) bond motifs is 1. The van der Waals surface area contributed by atoms with Gasteiger partial charge in [-0.15, -0.1) is 0 Å². The number of para-hydroxylation sites is 1. The van der Waals surface area contributed by atoms with Crippen molar-refractivity contribution in [3.05, 3.63) is 108 Å². The Morgan fingerprint density at radius 1 is 0.750 bits per heavy atom. The predicted octanol–water partition coefficient (Wildman–Crippen LogP) is 5.31. The van der Waals surface area contributed by atoms with Gasteiger partial charge >= 0.3 is 18.0 Å². The van der Waals surface area contributed by atoms with Gasteiger partial charge in [0.15, 0.2) is 12.4 Å². The molecule has 0 bridgehead atoms. The Bertz CT molecular complexity index is 2400. The summed E-state index contributed by atoms with van der Waals surface area (Å²) in [5, 5.41) is 11.6. The van der Waals surface area contributed by atoms with Crippen molar-refractivity contribution in [2.24, 2.45) is 11.8 Å². The molecule has 0 aliphatic carbocycles. The molecule has 0 spiro atoms. The minimum absolute atomic E-state index is 0.0244. The van der Waals surface area contributed by atoms with E-state index in [2.05, 4.69) is 26.3 Å². The van der Waals surface area contributed by atoms with Gasteiger partial charge in [0.2, 0.25) is 23.6 Å². The number of nitrogens with one attached hydrogen (secondary N) is 5. The predicted molar refractivity (Wildman–Crippen MR) is 253 cm³/mol. The van der Waals surface area contributed by atoms with E-state index in [0.717, 1.165) is 10.9 Å². The van der Waals surface area contributed by atoms with E-state index in [-0.39, 0.29) is 38.3 Å². The maximum absolute atomic E-state index is 14.7. The number of aromatic amines is 1. The van der Waals surface area contributed by atoms with E-state index >= 15 is 0 Å². The average Bonchev–Trinajstić information content (AvgIpc) is 3.96. The lowest BCUT2D eigenvalue weighted by Crippen LogP contribution is -2.60. The second kappa shape index (κ2) is 24.1. The summed E-state index contributed by atoms with van der Waals surface area (Å²) in [7, 11) is 0. The van der Waals surface area contributed by atoms with E-state index in [9.17, 15) is 38.4 Å². The Balaban J connectivity index is 1.34. The number of carbonyl (C=O) groups is 8.